The van der Waals surface area contributed by atoms with Crippen LogP contribution in [0, 0.1) is 0 Å². The van der Waals surface area contributed by atoms with Crippen LogP contribution in [-0.4, -0.2) is 22.4 Å². The fraction of sp³-hybridized carbons (Fsp3) is 0.167. The van der Waals surface area contributed by atoms with Gasteiger partial charge in [0.1, 0.15) is 5.82 Å². The Hall–Kier alpha value is -1.52. The number of carbonyl (C=O) groups excluding carboxylic acids is 1. The normalized spacial score (nSPS) is 10.3. The number of halogens is 2. The van der Waals surface area contributed by atoms with Gasteiger partial charge in [-0.25, -0.2) is 4.98 Å². The maximum atomic E-state index is 11.9. The lowest BCUT2D eigenvalue weighted by molar-refractivity contribution is 0.0954. The Morgan fingerprint density at radius 2 is 2.22 bits per heavy atom. The molecule has 0 bridgehead atoms. The highest BCUT2D eigenvalue weighted by Gasteiger charge is 2.11. The third-order valence-corrected chi connectivity index (χ3v) is 3.22. The smallest absolute Gasteiger partial charge is 0.252 e. The number of rotatable bonds is 4. The Morgan fingerprint density at radius 3 is 2.94 bits per heavy atom. The molecule has 0 radical (unpaired) electrons. The molecule has 2 rings (SSSR count). The summed E-state index contributed by atoms with van der Waals surface area (Å²) in [5.41, 5.74) is 0.378. The molecule has 2 N–H and O–H groups in total. The van der Waals surface area contributed by atoms with Crippen molar-refractivity contribution in [2.24, 2.45) is 0 Å². The predicted molar refractivity (Wildman–Crippen MR) is 71.1 cm³/mol. The van der Waals surface area contributed by atoms with E-state index in [1.165, 1.54) is 0 Å². The van der Waals surface area contributed by atoms with E-state index >= 15 is 0 Å². The molecule has 2 aromatic rings. The van der Waals surface area contributed by atoms with Crippen molar-refractivity contribution in [1.82, 2.24) is 15.3 Å². The summed E-state index contributed by atoms with van der Waals surface area (Å²) in [6.07, 6.45) is 4.05. The van der Waals surface area contributed by atoms with Crippen LogP contribution in [0.1, 0.15) is 16.2 Å². The number of carbonyl (C=O) groups is 1. The van der Waals surface area contributed by atoms with Crippen molar-refractivity contribution < 1.29 is 4.79 Å². The number of imidazole rings is 1. The molecule has 1 aromatic carbocycles. The van der Waals surface area contributed by atoms with E-state index in [1.807, 2.05) is 0 Å². The van der Waals surface area contributed by atoms with Crippen molar-refractivity contribution in [2.45, 2.75) is 6.42 Å². The van der Waals surface area contributed by atoms with E-state index in [1.54, 1.807) is 30.6 Å². The second-order valence-electron chi connectivity index (χ2n) is 3.64. The molecule has 0 aliphatic carbocycles. The van der Waals surface area contributed by atoms with E-state index in [9.17, 15) is 4.79 Å². The zero-order valence-corrected chi connectivity index (χ0v) is 10.9. The third kappa shape index (κ3) is 3.03. The van der Waals surface area contributed by atoms with Gasteiger partial charge in [0.25, 0.3) is 5.91 Å². The minimum Gasteiger partial charge on any atom is -0.352 e. The maximum Gasteiger partial charge on any atom is 0.252 e. The molecule has 0 saturated heterocycles. The lowest BCUT2D eigenvalue weighted by Crippen LogP contribution is -2.26. The SMILES string of the molecule is O=C(NCCc1ncc[nH]1)c1cccc(Cl)c1Cl. The molecule has 18 heavy (non-hydrogen) atoms. The van der Waals surface area contributed by atoms with E-state index in [4.69, 9.17) is 23.2 Å². The molecule has 1 aromatic heterocycles. The Balaban J connectivity index is 1.93. The minimum absolute atomic E-state index is 0.242. The summed E-state index contributed by atoms with van der Waals surface area (Å²) in [5, 5.41) is 3.41. The van der Waals surface area contributed by atoms with E-state index in [-0.39, 0.29) is 10.9 Å². The number of benzene rings is 1. The highest BCUT2D eigenvalue weighted by atomic mass is 35.5. The average molecular weight is 284 g/mol. The Kier molecular flexibility index (Phi) is 4.23. The Bertz CT molecular complexity index is 540. The van der Waals surface area contributed by atoms with Crippen LogP contribution in [0.4, 0.5) is 0 Å². The number of hydrogen-bond acceptors (Lipinski definition) is 2. The number of amides is 1. The van der Waals surface area contributed by atoms with Crippen molar-refractivity contribution in [3.8, 4) is 0 Å². The number of hydrogen-bond donors (Lipinski definition) is 2. The Labute approximate surface area is 114 Å². The lowest BCUT2D eigenvalue weighted by atomic mass is 10.2. The quantitative estimate of drug-likeness (QED) is 0.906. The van der Waals surface area contributed by atoms with Gasteiger partial charge in [0.2, 0.25) is 0 Å². The van der Waals surface area contributed by atoms with Crippen LogP contribution in [0.2, 0.25) is 10.0 Å². The summed E-state index contributed by atoms with van der Waals surface area (Å²) < 4.78 is 0. The summed E-state index contributed by atoms with van der Waals surface area (Å²) in [4.78, 5) is 18.9. The van der Waals surface area contributed by atoms with Crippen LogP contribution in [0.25, 0.3) is 0 Å². The van der Waals surface area contributed by atoms with Gasteiger partial charge in [-0.15, -0.1) is 0 Å². The molecule has 0 fully saturated rings. The van der Waals surface area contributed by atoms with Crippen molar-refractivity contribution in [1.29, 1.82) is 0 Å². The van der Waals surface area contributed by atoms with Gasteiger partial charge in [-0.1, -0.05) is 29.3 Å². The van der Waals surface area contributed by atoms with Crippen molar-refractivity contribution in [3.05, 3.63) is 52.0 Å². The van der Waals surface area contributed by atoms with Crippen LogP contribution in [0.3, 0.4) is 0 Å². The monoisotopic (exact) mass is 283 g/mol. The number of aromatic amines is 1. The van der Waals surface area contributed by atoms with E-state index in [0.717, 1.165) is 5.82 Å². The van der Waals surface area contributed by atoms with Gasteiger partial charge in [-0.05, 0) is 12.1 Å². The maximum absolute atomic E-state index is 11.9. The highest BCUT2D eigenvalue weighted by Crippen LogP contribution is 2.25. The first kappa shape index (κ1) is 12.9. The lowest BCUT2D eigenvalue weighted by Gasteiger charge is -2.06. The number of H-pyrrole nitrogens is 1. The van der Waals surface area contributed by atoms with Crippen LogP contribution >= 0.6 is 23.2 Å². The van der Waals surface area contributed by atoms with E-state index in [2.05, 4.69) is 15.3 Å². The Morgan fingerprint density at radius 1 is 1.39 bits per heavy atom. The van der Waals surface area contributed by atoms with Crippen LogP contribution in [0.15, 0.2) is 30.6 Å². The van der Waals surface area contributed by atoms with Crippen molar-refractivity contribution in [3.63, 3.8) is 0 Å². The predicted octanol–water partition coefficient (Wildman–Crippen LogP) is 2.69. The fourth-order valence-corrected chi connectivity index (χ4v) is 1.89. The molecule has 0 spiro atoms. The van der Waals surface area contributed by atoms with Gasteiger partial charge in [-0.2, -0.15) is 0 Å². The van der Waals surface area contributed by atoms with Crippen molar-refractivity contribution >= 4 is 29.1 Å². The standard InChI is InChI=1S/C12H11Cl2N3O/c13-9-3-1-2-8(11(9)14)12(18)17-5-4-10-15-6-7-16-10/h1-3,6-7H,4-5H2,(H,15,16)(H,17,18). The molecule has 0 aliphatic heterocycles. The topological polar surface area (TPSA) is 57.8 Å². The third-order valence-electron chi connectivity index (χ3n) is 2.40. The summed E-state index contributed by atoms with van der Waals surface area (Å²) in [6, 6.07) is 4.97. The molecule has 0 unspecified atom stereocenters. The summed E-state index contributed by atoms with van der Waals surface area (Å²) in [5.74, 6) is 0.585. The first-order valence-corrected chi connectivity index (χ1v) is 6.14. The van der Waals surface area contributed by atoms with Gasteiger partial charge in [0, 0.05) is 25.4 Å². The van der Waals surface area contributed by atoms with Gasteiger partial charge in [0.05, 0.1) is 15.6 Å². The zero-order chi connectivity index (χ0) is 13.0. The van der Waals surface area contributed by atoms with Crippen LogP contribution < -0.4 is 5.32 Å². The highest BCUT2D eigenvalue weighted by molar-refractivity contribution is 6.43. The molecule has 6 heteroatoms. The minimum atomic E-state index is -0.242. The molecule has 0 aliphatic rings. The van der Waals surface area contributed by atoms with Gasteiger partial charge in [0.15, 0.2) is 0 Å². The first-order valence-electron chi connectivity index (χ1n) is 5.39. The van der Waals surface area contributed by atoms with Gasteiger partial charge < -0.3 is 10.3 Å². The molecule has 0 atom stereocenters. The number of aromatic nitrogens is 2. The molecule has 0 saturated carbocycles. The summed E-state index contributed by atoms with van der Waals surface area (Å²) in [6.45, 7) is 0.481. The zero-order valence-electron chi connectivity index (χ0n) is 9.41. The van der Waals surface area contributed by atoms with Gasteiger partial charge in [-0.3, -0.25) is 4.79 Å². The number of nitrogens with one attached hydrogen (secondary N) is 2. The second-order valence-corrected chi connectivity index (χ2v) is 4.43. The molecule has 1 amide bonds. The van der Waals surface area contributed by atoms with Crippen molar-refractivity contribution in [2.75, 3.05) is 6.54 Å². The first-order chi connectivity index (χ1) is 8.68. The fourth-order valence-electron chi connectivity index (χ4n) is 1.50. The van der Waals surface area contributed by atoms with E-state index in [0.29, 0.717) is 23.6 Å². The van der Waals surface area contributed by atoms with Gasteiger partial charge >= 0.3 is 0 Å². The summed E-state index contributed by atoms with van der Waals surface area (Å²) >= 11 is 11.8. The molecule has 1 heterocycles. The van der Waals surface area contributed by atoms with Crippen LogP contribution in [-0.2, 0) is 6.42 Å². The molecular weight excluding hydrogens is 273 g/mol. The molecule has 4 nitrogen and oxygen atoms in total. The summed E-state index contributed by atoms with van der Waals surface area (Å²) in [7, 11) is 0. The molecular formula is C12H11Cl2N3O. The molecule has 94 valence electrons. The largest absolute Gasteiger partial charge is 0.352 e. The van der Waals surface area contributed by atoms with E-state index < -0.39 is 0 Å². The average Bonchev–Trinajstić information content (AvgIpc) is 2.85. The van der Waals surface area contributed by atoms with Crippen LogP contribution in [0.5, 0.6) is 0 Å². The number of nitrogens with zero attached hydrogens (tertiary/aromatic N) is 1. The second kappa shape index (κ2) is 5.89.